The van der Waals surface area contributed by atoms with E-state index >= 15 is 0 Å². The van der Waals surface area contributed by atoms with E-state index in [9.17, 15) is 0 Å². The number of morpholine rings is 1. The molecule has 6 nitrogen and oxygen atoms in total. The standard InChI is InChI=1S/C18H20ClN5O/c1-3-15-20-17(23-8-10-25-11-9-23)16-12(2)22-24(18(16)21-15)14-7-5-4-6-13(14)19/h4-7H,3,8-11H2,1-2H3. The number of hydrogen-bond donors (Lipinski definition) is 0. The first-order valence-corrected chi connectivity index (χ1v) is 8.90. The van der Waals surface area contributed by atoms with Gasteiger partial charge in [-0.1, -0.05) is 30.7 Å². The highest BCUT2D eigenvalue weighted by Gasteiger charge is 2.22. The van der Waals surface area contributed by atoms with E-state index in [2.05, 4.69) is 11.8 Å². The van der Waals surface area contributed by atoms with Crippen LogP contribution in [0.5, 0.6) is 0 Å². The number of nitrogens with zero attached hydrogens (tertiary/aromatic N) is 5. The van der Waals surface area contributed by atoms with Gasteiger partial charge >= 0.3 is 0 Å². The number of hydrogen-bond acceptors (Lipinski definition) is 5. The molecule has 130 valence electrons. The van der Waals surface area contributed by atoms with E-state index in [1.807, 2.05) is 35.9 Å². The maximum atomic E-state index is 6.40. The third-order valence-electron chi connectivity index (χ3n) is 4.44. The van der Waals surface area contributed by atoms with Crippen LogP contribution in [0.15, 0.2) is 24.3 Å². The number of ether oxygens (including phenoxy) is 1. The summed E-state index contributed by atoms with van der Waals surface area (Å²) in [6.07, 6.45) is 0.764. The summed E-state index contributed by atoms with van der Waals surface area (Å²) in [5.41, 5.74) is 2.54. The summed E-state index contributed by atoms with van der Waals surface area (Å²) in [5.74, 6) is 1.75. The number of anilines is 1. The summed E-state index contributed by atoms with van der Waals surface area (Å²) < 4.78 is 7.32. The molecule has 0 bridgehead atoms. The summed E-state index contributed by atoms with van der Waals surface area (Å²) in [5, 5.41) is 6.36. The molecule has 1 aliphatic rings. The number of aromatic nitrogens is 4. The maximum absolute atomic E-state index is 6.40. The Kier molecular flexibility index (Phi) is 4.31. The Morgan fingerprint density at radius 2 is 1.92 bits per heavy atom. The first-order valence-electron chi connectivity index (χ1n) is 8.53. The van der Waals surface area contributed by atoms with Crippen molar-refractivity contribution < 1.29 is 4.74 Å². The molecule has 7 heteroatoms. The van der Waals surface area contributed by atoms with E-state index in [0.717, 1.165) is 53.6 Å². The molecule has 1 fully saturated rings. The van der Waals surface area contributed by atoms with E-state index in [4.69, 9.17) is 31.4 Å². The largest absolute Gasteiger partial charge is 0.378 e. The molecule has 1 aromatic carbocycles. The molecule has 0 spiro atoms. The lowest BCUT2D eigenvalue weighted by molar-refractivity contribution is 0.122. The number of halogens is 1. The second-order valence-electron chi connectivity index (χ2n) is 6.06. The van der Waals surface area contributed by atoms with Gasteiger partial charge in [0.25, 0.3) is 0 Å². The quantitative estimate of drug-likeness (QED) is 0.720. The fourth-order valence-electron chi connectivity index (χ4n) is 3.16. The van der Waals surface area contributed by atoms with E-state index < -0.39 is 0 Å². The van der Waals surface area contributed by atoms with Gasteiger partial charge in [0.1, 0.15) is 11.6 Å². The van der Waals surface area contributed by atoms with Crippen LogP contribution in [0.3, 0.4) is 0 Å². The molecule has 1 aliphatic heterocycles. The molecular weight excluding hydrogens is 338 g/mol. The van der Waals surface area contributed by atoms with Crippen molar-refractivity contribution >= 4 is 28.5 Å². The summed E-state index contributed by atoms with van der Waals surface area (Å²) in [4.78, 5) is 11.8. The van der Waals surface area contributed by atoms with Gasteiger partial charge in [-0.15, -0.1) is 0 Å². The zero-order chi connectivity index (χ0) is 17.4. The van der Waals surface area contributed by atoms with Crippen LogP contribution in [0, 0.1) is 6.92 Å². The minimum absolute atomic E-state index is 0.650. The van der Waals surface area contributed by atoms with Gasteiger partial charge in [0.15, 0.2) is 5.65 Å². The van der Waals surface area contributed by atoms with Crippen molar-refractivity contribution in [3.05, 3.63) is 40.8 Å². The second-order valence-corrected chi connectivity index (χ2v) is 6.47. The molecule has 0 saturated carbocycles. The topological polar surface area (TPSA) is 56.1 Å². The highest BCUT2D eigenvalue weighted by molar-refractivity contribution is 6.32. The van der Waals surface area contributed by atoms with Gasteiger partial charge in [-0.2, -0.15) is 5.10 Å². The molecule has 2 aromatic heterocycles. The third kappa shape index (κ3) is 2.85. The van der Waals surface area contributed by atoms with Crippen LogP contribution in [0.2, 0.25) is 5.02 Å². The lowest BCUT2D eigenvalue weighted by atomic mass is 10.2. The van der Waals surface area contributed by atoms with Crippen LogP contribution >= 0.6 is 11.6 Å². The van der Waals surface area contributed by atoms with Crippen LogP contribution in [-0.4, -0.2) is 46.1 Å². The van der Waals surface area contributed by atoms with Crippen molar-refractivity contribution in [2.75, 3.05) is 31.2 Å². The van der Waals surface area contributed by atoms with Gasteiger partial charge in [0.05, 0.1) is 35.0 Å². The fraction of sp³-hybridized carbons (Fsp3) is 0.389. The molecule has 4 rings (SSSR count). The Balaban J connectivity index is 1.97. The Hall–Kier alpha value is -2.18. The number of benzene rings is 1. The van der Waals surface area contributed by atoms with Crippen LogP contribution in [0.1, 0.15) is 18.4 Å². The van der Waals surface area contributed by atoms with Crippen molar-refractivity contribution in [3.63, 3.8) is 0 Å². The molecule has 0 radical (unpaired) electrons. The van der Waals surface area contributed by atoms with Crippen molar-refractivity contribution in [1.29, 1.82) is 0 Å². The SMILES string of the molecule is CCc1nc(N2CCOCC2)c2c(C)nn(-c3ccccc3Cl)c2n1. The van der Waals surface area contributed by atoms with Crippen LogP contribution in [-0.2, 0) is 11.2 Å². The van der Waals surface area contributed by atoms with Crippen LogP contribution in [0.4, 0.5) is 5.82 Å². The van der Waals surface area contributed by atoms with Crippen molar-refractivity contribution in [2.24, 2.45) is 0 Å². The second kappa shape index (κ2) is 6.61. The molecule has 0 aliphatic carbocycles. The minimum Gasteiger partial charge on any atom is -0.378 e. The molecule has 0 atom stereocenters. The smallest absolute Gasteiger partial charge is 0.169 e. The Morgan fingerprint density at radius 3 is 2.64 bits per heavy atom. The van der Waals surface area contributed by atoms with E-state index in [0.29, 0.717) is 18.2 Å². The predicted octanol–water partition coefficient (Wildman–Crippen LogP) is 3.18. The van der Waals surface area contributed by atoms with E-state index in [-0.39, 0.29) is 0 Å². The first kappa shape index (κ1) is 16.3. The van der Waals surface area contributed by atoms with Gasteiger partial charge < -0.3 is 9.64 Å². The third-order valence-corrected chi connectivity index (χ3v) is 4.76. The molecule has 3 heterocycles. The summed E-state index contributed by atoms with van der Waals surface area (Å²) in [6.45, 7) is 7.13. The summed E-state index contributed by atoms with van der Waals surface area (Å²) in [7, 11) is 0. The fourth-order valence-corrected chi connectivity index (χ4v) is 3.37. The van der Waals surface area contributed by atoms with Crippen LogP contribution in [0.25, 0.3) is 16.7 Å². The average Bonchev–Trinajstić information content (AvgIpc) is 2.98. The molecule has 0 unspecified atom stereocenters. The minimum atomic E-state index is 0.650. The summed E-state index contributed by atoms with van der Waals surface area (Å²) >= 11 is 6.40. The van der Waals surface area contributed by atoms with Gasteiger partial charge in [-0.05, 0) is 19.1 Å². The first-order chi connectivity index (χ1) is 12.2. The molecule has 1 saturated heterocycles. The Labute approximate surface area is 151 Å². The number of rotatable bonds is 3. The molecule has 0 amide bonds. The van der Waals surface area contributed by atoms with Gasteiger partial charge in [-0.3, -0.25) is 0 Å². The van der Waals surface area contributed by atoms with Gasteiger partial charge in [0, 0.05) is 19.5 Å². The highest BCUT2D eigenvalue weighted by atomic mass is 35.5. The molecule has 25 heavy (non-hydrogen) atoms. The lowest BCUT2D eigenvalue weighted by Gasteiger charge is -2.28. The average molecular weight is 358 g/mol. The highest BCUT2D eigenvalue weighted by Crippen LogP contribution is 2.31. The number of para-hydroxylation sites is 1. The van der Waals surface area contributed by atoms with Gasteiger partial charge in [0.2, 0.25) is 0 Å². The van der Waals surface area contributed by atoms with Gasteiger partial charge in [-0.25, -0.2) is 14.6 Å². The number of fused-ring (bicyclic) bond motifs is 1. The zero-order valence-corrected chi connectivity index (χ0v) is 15.1. The number of aryl methyl sites for hydroxylation is 2. The van der Waals surface area contributed by atoms with Crippen molar-refractivity contribution in [1.82, 2.24) is 19.7 Å². The molecule has 0 N–H and O–H groups in total. The summed E-state index contributed by atoms with van der Waals surface area (Å²) in [6, 6.07) is 7.69. The predicted molar refractivity (Wildman–Crippen MR) is 98.8 cm³/mol. The lowest BCUT2D eigenvalue weighted by Crippen LogP contribution is -2.37. The van der Waals surface area contributed by atoms with Crippen LogP contribution < -0.4 is 4.90 Å². The zero-order valence-electron chi connectivity index (χ0n) is 14.4. The Bertz CT molecular complexity index is 917. The van der Waals surface area contributed by atoms with E-state index in [1.54, 1.807) is 0 Å². The Morgan fingerprint density at radius 1 is 1.16 bits per heavy atom. The monoisotopic (exact) mass is 357 g/mol. The van der Waals surface area contributed by atoms with Crippen molar-refractivity contribution in [3.8, 4) is 5.69 Å². The normalized spacial score (nSPS) is 15.1. The maximum Gasteiger partial charge on any atom is 0.169 e. The molecule has 3 aromatic rings. The van der Waals surface area contributed by atoms with E-state index in [1.165, 1.54) is 0 Å². The molecular formula is C18H20ClN5O. The van der Waals surface area contributed by atoms with Crippen molar-refractivity contribution in [2.45, 2.75) is 20.3 Å².